The van der Waals surface area contributed by atoms with E-state index >= 15 is 0 Å². The third kappa shape index (κ3) is 2.72. The molecule has 0 saturated heterocycles. The minimum Gasteiger partial charge on any atom is -0.348 e. The number of nitrogens with zero attached hydrogens (tertiary/aromatic N) is 2. The molecule has 1 aliphatic rings. The molecule has 1 aromatic carbocycles. The zero-order valence-corrected chi connectivity index (χ0v) is 11.5. The average molecular weight is 270 g/mol. The van der Waals surface area contributed by atoms with Crippen LogP contribution in [0.15, 0.2) is 30.6 Å². The first-order chi connectivity index (χ1) is 9.72. The summed E-state index contributed by atoms with van der Waals surface area (Å²) >= 11 is 0. The molecule has 2 heterocycles. The lowest BCUT2D eigenvalue weighted by atomic mass is 9.98. The smallest absolute Gasteiger partial charge is 0.251 e. The maximum Gasteiger partial charge on any atom is 0.251 e. The lowest BCUT2D eigenvalue weighted by Gasteiger charge is -2.17. The van der Waals surface area contributed by atoms with Crippen LogP contribution in [-0.4, -0.2) is 22.2 Å². The number of nitrogens with one attached hydrogen (secondary N) is 2. The van der Waals surface area contributed by atoms with Crippen LogP contribution in [0.1, 0.15) is 27.0 Å². The second kappa shape index (κ2) is 5.46. The van der Waals surface area contributed by atoms with Gasteiger partial charge in [-0.3, -0.25) is 9.48 Å². The van der Waals surface area contributed by atoms with Gasteiger partial charge in [0.2, 0.25) is 0 Å². The van der Waals surface area contributed by atoms with Gasteiger partial charge in [-0.2, -0.15) is 5.10 Å². The van der Waals surface area contributed by atoms with E-state index in [1.54, 1.807) is 10.9 Å². The summed E-state index contributed by atoms with van der Waals surface area (Å²) in [7, 11) is 1.86. The number of rotatable bonds is 3. The van der Waals surface area contributed by atoms with Crippen molar-refractivity contribution in [3.8, 4) is 0 Å². The summed E-state index contributed by atoms with van der Waals surface area (Å²) in [4.78, 5) is 12.2. The molecule has 0 fully saturated rings. The Balaban J connectivity index is 1.67. The van der Waals surface area contributed by atoms with Gasteiger partial charge < -0.3 is 10.6 Å². The molecule has 1 aliphatic heterocycles. The molecule has 1 aromatic heterocycles. The number of carbonyl (C=O) groups excluding carboxylic acids is 1. The molecule has 0 aliphatic carbocycles. The van der Waals surface area contributed by atoms with E-state index in [1.807, 2.05) is 31.4 Å². The van der Waals surface area contributed by atoms with Gasteiger partial charge in [-0.05, 0) is 36.2 Å². The Hall–Kier alpha value is -2.14. The minimum absolute atomic E-state index is 0.0322. The number of benzene rings is 1. The summed E-state index contributed by atoms with van der Waals surface area (Å²) in [6.07, 6.45) is 4.65. The van der Waals surface area contributed by atoms with Crippen LogP contribution in [0.4, 0.5) is 0 Å². The topological polar surface area (TPSA) is 59.0 Å². The number of aryl methyl sites for hydroxylation is 1. The lowest BCUT2D eigenvalue weighted by Crippen LogP contribution is -2.26. The lowest BCUT2D eigenvalue weighted by molar-refractivity contribution is 0.0951. The van der Waals surface area contributed by atoms with E-state index in [0.29, 0.717) is 6.54 Å². The average Bonchev–Trinajstić information content (AvgIpc) is 2.90. The molecule has 1 amide bonds. The number of amides is 1. The third-order valence-corrected chi connectivity index (χ3v) is 3.57. The summed E-state index contributed by atoms with van der Waals surface area (Å²) in [5.41, 5.74) is 4.30. The van der Waals surface area contributed by atoms with Crippen molar-refractivity contribution in [2.45, 2.75) is 19.5 Å². The largest absolute Gasteiger partial charge is 0.348 e. The summed E-state index contributed by atoms with van der Waals surface area (Å²) < 4.78 is 1.73. The van der Waals surface area contributed by atoms with Crippen LogP contribution in [0.2, 0.25) is 0 Å². The second-order valence-corrected chi connectivity index (χ2v) is 5.12. The van der Waals surface area contributed by atoms with E-state index in [0.717, 1.165) is 30.6 Å². The third-order valence-electron chi connectivity index (χ3n) is 3.57. The molecule has 5 heteroatoms. The molecule has 0 radical (unpaired) electrons. The number of aromatic nitrogens is 2. The van der Waals surface area contributed by atoms with E-state index in [1.165, 1.54) is 11.1 Å². The predicted octanol–water partition coefficient (Wildman–Crippen LogP) is 0.996. The zero-order valence-electron chi connectivity index (χ0n) is 11.5. The highest BCUT2D eigenvalue weighted by atomic mass is 16.1. The first-order valence-electron chi connectivity index (χ1n) is 6.80. The Morgan fingerprint density at radius 2 is 2.35 bits per heavy atom. The van der Waals surface area contributed by atoms with Gasteiger partial charge in [0.15, 0.2) is 0 Å². The van der Waals surface area contributed by atoms with Gasteiger partial charge in [0, 0.05) is 37.5 Å². The Morgan fingerprint density at radius 1 is 1.45 bits per heavy atom. The van der Waals surface area contributed by atoms with Crippen molar-refractivity contribution in [3.05, 3.63) is 52.8 Å². The maximum atomic E-state index is 12.2. The van der Waals surface area contributed by atoms with Crippen LogP contribution >= 0.6 is 0 Å². The van der Waals surface area contributed by atoms with Crippen LogP contribution < -0.4 is 10.6 Å². The molecule has 2 aromatic rings. The maximum absolute atomic E-state index is 12.2. The summed E-state index contributed by atoms with van der Waals surface area (Å²) in [6, 6.07) is 5.94. The van der Waals surface area contributed by atoms with Gasteiger partial charge in [0.05, 0.1) is 6.20 Å². The molecular weight excluding hydrogens is 252 g/mol. The number of hydrogen-bond donors (Lipinski definition) is 2. The molecule has 20 heavy (non-hydrogen) atoms. The molecule has 0 saturated carbocycles. The summed E-state index contributed by atoms with van der Waals surface area (Å²) in [5, 5.41) is 10.3. The summed E-state index contributed by atoms with van der Waals surface area (Å²) in [5.74, 6) is -0.0322. The van der Waals surface area contributed by atoms with E-state index in [4.69, 9.17) is 0 Å². The fourth-order valence-electron chi connectivity index (χ4n) is 2.47. The van der Waals surface area contributed by atoms with Crippen LogP contribution in [0, 0.1) is 0 Å². The first-order valence-corrected chi connectivity index (χ1v) is 6.80. The van der Waals surface area contributed by atoms with Crippen molar-refractivity contribution in [3.63, 3.8) is 0 Å². The normalized spacial score (nSPS) is 13.8. The fourth-order valence-corrected chi connectivity index (χ4v) is 2.47. The van der Waals surface area contributed by atoms with Crippen molar-refractivity contribution in [1.82, 2.24) is 20.4 Å². The summed E-state index contributed by atoms with van der Waals surface area (Å²) in [6.45, 7) is 2.38. The highest BCUT2D eigenvalue weighted by Crippen LogP contribution is 2.16. The Labute approximate surface area is 118 Å². The first kappa shape index (κ1) is 12.9. The van der Waals surface area contributed by atoms with Crippen molar-refractivity contribution < 1.29 is 4.79 Å². The Morgan fingerprint density at radius 3 is 3.15 bits per heavy atom. The SMILES string of the molecule is Cn1cc(CNC(=O)c2ccc3c(c2)CCNC3)cn1. The molecule has 0 unspecified atom stereocenters. The highest BCUT2D eigenvalue weighted by molar-refractivity contribution is 5.94. The number of fused-ring (bicyclic) bond motifs is 1. The molecular formula is C15H18N4O. The van der Waals surface area contributed by atoms with Gasteiger partial charge in [0.25, 0.3) is 5.91 Å². The Bertz CT molecular complexity index is 633. The van der Waals surface area contributed by atoms with E-state index in [-0.39, 0.29) is 5.91 Å². The predicted molar refractivity (Wildman–Crippen MR) is 76.2 cm³/mol. The molecule has 3 rings (SSSR count). The van der Waals surface area contributed by atoms with Crippen LogP contribution in [0.3, 0.4) is 0 Å². The highest BCUT2D eigenvalue weighted by Gasteiger charge is 2.12. The van der Waals surface area contributed by atoms with Gasteiger partial charge in [0.1, 0.15) is 0 Å². The molecule has 0 bridgehead atoms. The van der Waals surface area contributed by atoms with Crippen molar-refractivity contribution >= 4 is 5.91 Å². The van der Waals surface area contributed by atoms with Crippen LogP contribution in [0.5, 0.6) is 0 Å². The van der Waals surface area contributed by atoms with Crippen molar-refractivity contribution in [2.24, 2.45) is 7.05 Å². The molecule has 5 nitrogen and oxygen atoms in total. The number of hydrogen-bond acceptors (Lipinski definition) is 3. The molecule has 0 spiro atoms. The van der Waals surface area contributed by atoms with Gasteiger partial charge in [-0.15, -0.1) is 0 Å². The number of carbonyl (C=O) groups is 1. The minimum atomic E-state index is -0.0322. The zero-order chi connectivity index (χ0) is 13.9. The molecule has 2 N–H and O–H groups in total. The second-order valence-electron chi connectivity index (χ2n) is 5.12. The van der Waals surface area contributed by atoms with Crippen molar-refractivity contribution in [2.75, 3.05) is 6.54 Å². The fraction of sp³-hybridized carbons (Fsp3) is 0.333. The standard InChI is InChI=1S/C15H18N4O/c1-19-10-11(8-18-19)7-17-15(20)13-2-3-14-9-16-5-4-12(14)6-13/h2-3,6,8,10,16H,4-5,7,9H2,1H3,(H,17,20). The monoisotopic (exact) mass is 270 g/mol. The van der Waals surface area contributed by atoms with E-state index in [2.05, 4.69) is 15.7 Å². The van der Waals surface area contributed by atoms with Gasteiger partial charge in [-0.1, -0.05) is 6.07 Å². The van der Waals surface area contributed by atoms with Crippen LogP contribution in [-0.2, 0) is 26.6 Å². The van der Waals surface area contributed by atoms with Crippen LogP contribution in [0.25, 0.3) is 0 Å². The van der Waals surface area contributed by atoms with Gasteiger partial charge in [-0.25, -0.2) is 0 Å². The van der Waals surface area contributed by atoms with E-state index in [9.17, 15) is 4.79 Å². The molecule has 0 atom stereocenters. The van der Waals surface area contributed by atoms with Gasteiger partial charge >= 0.3 is 0 Å². The van der Waals surface area contributed by atoms with E-state index < -0.39 is 0 Å². The quantitative estimate of drug-likeness (QED) is 0.874. The van der Waals surface area contributed by atoms with Crippen molar-refractivity contribution in [1.29, 1.82) is 0 Å². The molecule has 104 valence electrons. The Kier molecular flexibility index (Phi) is 3.52.